The summed E-state index contributed by atoms with van der Waals surface area (Å²) < 4.78 is 18.3. The second kappa shape index (κ2) is 8.24. The van der Waals surface area contributed by atoms with Gasteiger partial charge in [0.25, 0.3) is 5.91 Å². The molecule has 0 aliphatic carbocycles. The molecule has 4 nitrogen and oxygen atoms in total. The summed E-state index contributed by atoms with van der Waals surface area (Å²) in [5.74, 6) is -0.408. The van der Waals surface area contributed by atoms with Crippen molar-refractivity contribution in [2.75, 3.05) is 6.54 Å². The summed E-state index contributed by atoms with van der Waals surface area (Å²) >= 11 is 0. The summed E-state index contributed by atoms with van der Waals surface area (Å²) in [6.45, 7) is 0.563. The van der Waals surface area contributed by atoms with Crippen LogP contribution in [0.25, 0.3) is 0 Å². The molecule has 0 fully saturated rings. The first-order valence-corrected chi connectivity index (χ1v) is 8.23. The summed E-state index contributed by atoms with van der Waals surface area (Å²) in [4.78, 5) is 12.1. The molecule has 1 N–H and O–H groups in total. The van der Waals surface area contributed by atoms with Crippen molar-refractivity contribution < 1.29 is 13.7 Å². The van der Waals surface area contributed by atoms with Crippen molar-refractivity contribution in [1.82, 2.24) is 10.5 Å². The van der Waals surface area contributed by atoms with Gasteiger partial charge in [0.05, 0.1) is 5.69 Å². The van der Waals surface area contributed by atoms with Gasteiger partial charge >= 0.3 is 0 Å². The van der Waals surface area contributed by atoms with Crippen LogP contribution in [0.15, 0.2) is 65.2 Å². The fourth-order valence-corrected chi connectivity index (χ4v) is 2.58. The zero-order valence-corrected chi connectivity index (χ0v) is 13.7. The number of nitrogens with one attached hydrogen (secondary N) is 1. The maximum Gasteiger partial charge on any atom is 0.289 e. The minimum atomic E-state index is -0.294. The molecule has 0 saturated carbocycles. The molecule has 2 aromatic carbocycles. The zero-order chi connectivity index (χ0) is 17.5. The van der Waals surface area contributed by atoms with Crippen molar-refractivity contribution >= 4 is 5.91 Å². The Bertz CT molecular complexity index is 830. The summed E-state index contributed by atoms with van der Waals surface area (Å²) in [6, 6.07) is 18.0. The fourth-order valence-electron chi connectivity index (χ4n) is 2.58. The summed E-state index contributed by atoms with van der Waals surface area (Å²) in [5, 5.41) is 6.70. The number of carbonyl (C=O) groups is 1. The van der Waals surface area contributed by atoms with E-state index >= 15 is 0 Å². The third kappa shape index (κ3) is 5.01. The number of aromatic nitrogens is 1. The Morgan fingerprint density at radius 2 is 1.84 bits per heavy atom. The van der Waals surface area contributed by atoms with Crippen molar-refractivity contribution in [3.05, 3.63) is 89.1 Å². The number of halogens is 1. The highest BCUT2D eigenvalue weighted by Gasteiger charge is 2.13. The third-order valence-corrected chi connectivity index (χ3v) is 3.83. The monoisotopic (exact) mass is 338 g/mol. The fraction of sp³-hybridized carbons (Fsp3) is 0.200. The van der Waals surface area contributed by atoms with E-state index in [2.05, 4.69) is 22.6 Å². The predicted molar refractivity (Wildman–Crippen MR) is 92.8 cm³/mol. The van der Waals surface area contributed by atoms with E-state index in [1.165, 1.54) is 17.7 Å². The van der Waals surface area contributed by atoms with Crippen LogP contribution in [0.5, 0.6) is 0 Å². The number of amides is 1. The number of rotatable bonds is 7. The van der Waals surface area contributed by atoms with Gasteiger partial charge in [-0.1, -0.05) is 47.6 Å². The van der Waals surface area contributed by atoms with Crippen molar-refractivity contribution in [2.45, 2.75) is 19.3 Å². The van der Waals surface area contributed by atoms with Gasteiger partial charge in [-0.15, -0.1) is 0 Å². The molecular weight excluding hydrogens is 319 g/mol. The molecule has 0 unspecified atom stereocenters. The molecule has 5 heteroatoms. The summed E-state index contributed by atoms with van der Waals surface area (Å²) in [7, 11) is 0. The number of carbonyl (C=O) groups excluding carboxylic acids is 1. The van der Waals surface area contributed by atoms with Crippen molar-refractivity contribution in [2.24, 2.45) is 0 Å². The van der Waals surface area contributed by atoms with Gasteiger partial charge in [-0.2, -0.15) is 0 Å². The van der Waals surface area contributed by atoms with E-state index in [-0.39, 0.29) is 17.5 Å². The molecule has 0 atom stereocenters. The van der Waals surface area contributed by atoms with E-state index in [0.717, 1.165) is 18.4 Å². The van der Waals surface area contributed by atoms with Crippen LogP contribution in [0.3, 0.4) is 0 Å². The standard InChI is InChI=1S/C20H19FN2O2/c21-17-10-4-8-16(12-17)13-18-14-19(25-23-18)20(24)22-11-5-9-15-6-2-1-3-7-15/h1-4,6-8,10,12,14H,5,9,11,13H2,(H,22,24). The lowest BCUT2D eigenvalue weighted by Gasteiger charge is -2.03. The van der Waals surface area contributed by atoms with Crippen molar-refractivity contribution in [3.8, 4) is 0 Å². The van der Waals surface area contributed by atoms with E-state index in [1.54, 1.807) is 18.2 Å². The Hall–Kier alpha value is -2.95. The molecule has 1 amide bonds. The van der Waals surface area contributed by atoms with Crippen molar-refractivity contribution in [3.63, 3.8) is 0 Å². The second-order valence-corrected chi connectivity index (χ2v) is 5.83. The van der Waals surface area contributed by atoms with Crippen LogP contribution >= 0.6 is 0 Å². The van der Waals surface area contributed by atoms with E-state index in [0.29, 0.717) is 18.7 Å². The zero-order valence-electron chi connectivity index (χ0n) is 13.7. The Morgan fingerprint density at radius 3 is 2.64 bits per heavy atom. The Morgan fingerprint density at radius 1 is 1.04 bits per heavy atom. The molecule has 0 radical (unpaired) electrons. The molecule has 0 aliphatic rings. The molecule has 0 saturated heterocycles. The molecule has 25 heavy (non-hydrogen) atoms. The minimum Gasteiger partial charge on any atom is -0.351 e. The molecule has 3 rings (SSSR count). The Labute approximate surface area is 145 Å². The van der Waals surface area contributed by atoms with Crippen LogP contribution in [-0.2, 0) is 12.8 Å². The molecule has 1 aromatic heterocycles. The molecule has 0 aliphatic heterocycles. The first-order valence-electron chi connectivity index (χ1n) is 8.23. The van der Waals surface area contributed by atoms with Crippen LogP contribution in [0.2, 0.25) is 0 Å². The largest absolute Gasteiger partial charge is 0.351 e. The quantitative estimate of drug-likeness (QED) is 0.667. The van der Waals surface area contributed by atoms with Gasteiger partial charge in [-0.3, -0.25) is 4.79 Å². The Balaban J connectivity index is 1.47. The number of aryl methyl sites for hydroxylation is 1. The van der Waals surface area contributed by atoms with E-state index in [1.807, 2.05) is 18.2 Å². The first kappa shape index (κ1) is 16.9. The highest BCUT2D eigenvalue weighted by atomic mass is 19.1. The average Bonchev–Trinajstić information content (AvgIpc) is 3.08. The van der Waals surface area contributed by atoms with E-state index in [4.69, 9.17) is 4.52 Å². The lowest BCUT2D eigenvalue weighted by atomic mass is 10.1. The maximum atomic E-state index is 13.2. The number of nitrogens with zero attached hydrogens (tertiary/aromatic N) is 1. The lowest BCUT2D eigenvalue weighted by Crippen LogP contribution is -2.24. The van der Waals surface area contributed by atoms with Gasteiger partial charge < -0.3 is 9.84 Å². The molecular formula is C20H19FN2O2. The lowest BCUT2D eigenvalue weighted by molar-refractivity contribution is 0.0916. The van der Waals surface area contributed by atoms with Gasteiger partial charge in [0.1, 0.15) is 5.82 Å². The van der Waals surface area contributed by atoms with Crippen LogP contribution in [-0.4, -0.2) is 17.6 Å². The molecule has 3 aromatic rings. The second-order valence-electron chi connectivity index (χ2n) is 5.83. The van der Waals surface area contributed by atoms with Gasteiger partial charge in [0, 0.05) is 19.0 Å². The van der Waals surface area contributed by atoms with Gasteiger partial charge in [0.15, 0.2) is 0 Å². The summed E-state index contributed by atoms with van der Waals surface area (Å²) in [6.07, 6.45) is 2.17. The maximum absolute atomic E-state index is 13.2. The highest BCUT2D eigenvalue weighted by molar-refractivity contribution is 5.91. The molecule has 0 bridgehead atoms. The predicted octanol–water partition coefficient (Wildman–Crippen LogP) is 3.77. The number of hydrogen-bond acceptors (Lipinski definition) is 3. The van der Waals surface area contributed by atoms with Gasteiger partial charge in [-0.25, -0.2) is 4.39 Å². The topological polar surface area (TPSA) is 55.1 Å². The van der Waals surface area contributed by atoms with Gasteiger partial charge in [0.2, 0.25) is 5.76 Å². The SMILES string of the molecule is O=C(NCCCc1ccccc1)c1cc(Cc2cccc(F)c2)no1. The number of hydrogen-bond donors (Lipinski definition) is 1. The highest BCUT2D eigenvalue weighted by Crippen LogP contribution is 2.12. The molecule has 1 heterocycles. The average molecular weight is 338 g/mol. The van der Waals surface area contributed by atoms with Crippen LogP contribution in [0.1, 0.15) is 33.8 Å². The summed E-state index contributed by atoms with van der Waals surface area (Å²) in [5.41, 5.74) is 2.62. The van der Waals surface area contributed by atoms with E-state index < -0.39 is 0 Å². The van der Waals surface area contributed by atoms with Gasteiger partial charge in [-0.05, 0) is 36.1 Å². The third-order valence-electron chi connectivity index (χ3n) is 3.83. The number of benzene rings is 2. The van der Waals surface area contributed by atoms with Crippen LogP contribution in [0.4, 0.5) is 4.39 Å². The van der Waals surface area contributed by atoms with E-state index in [9.17, 15) is 9.18 Å². The van der Waals surface area contributed by atoms with Crippen molar-refractivity contribution in [1.29, 1.82) is 0 Å². The van der Waals surface area contributed by atoms with Crippen LogP contribution < -0.4 is 5.32 Å². The molecule has 128 valence electrons. The Kier molecular flexibility index (Phi) is 5.57. The normalized spacial score (nSPS) is 10.6. The first-order chi connectivity index (χ1) is 12.2. The smallest absolute Gasteiger partial charge is 0.289 e. The van der Waals surface area contributed by atoms with Crippen LogP contribution in [0, 0.1) is 5.82 Å². The molecule has 0 spiro atoms. The minimum absolute atomic E-state index is 0.172.